The number of aliphatic imine (C=N–C) groups is 2. The molecule has 3 heteroatoms. The largest absolute Gasteiger partial charge is 0.373 e. The normalized spacial score (nSPS) is 25.8. The summed E-state index contributed by atoms with van der Waals surface area (Å²) in [6.45, 7) is 31.2. The summed E-state index contributed by atoms with van der Waals surface area (Å²) in [6, 6.07) is 0.197. The Bertz CT molecular complexity index is 1340. The van der Waals surface area contributed by atoms with Crippen LogP contribution in [0.3, 0.4) is 0 Å². The summed E-state index contributed by atoms with van der Waals surface area (Å²) in [5, 5.41) is 3.83. The first-order chi connectivity index (χ1) is 26.4. The molecule has 9 unspecified atom stereocenters. The highest BCUT2D eigenvalue weighted by Gasteiger charge is 2.31. The van der Waals surface area contributed by atoms with Gasteiger partial charge in [-0.3, -0.25) is 9.98 Å². The molecule has 0 spiro atoms. The number of nitrogens with zero attached hydrogens (tertiary/aromatic N) is 2. The van der Waals surface area contributed by atoms with Gasteiger partial charge >= 0.3 is 0 Å². The molecule has 0 bridgehead atoms. The SMILES string of the molecule is C#CCC(C)/C=C\C1C/C=C\CCN/C(C(C)C(CC)C(C)C(C)C)=N\C(CC)/C=C\CCC1(C)CC/C=C\C/N=C(\C)CC(CC)C(C)CC#CCC=C. The highest BCUT2D eigenvalue weighted by atomic mass is 15.0. The van der Waals surface area contributed by atoms with Gasteiger partial charge in [-0.15, -0.1) is 24.8 Å². The molecule has 3 nitrogen and oxygen atoms in total. The van der Waals surface area contributed by atoms with Gasteiger partial charge in [0.1, 0.15) is 5.84 Å². The highest BCUT2D eigenvalue weighted by Crippen LogP contribution is 2.41. The van der Waals surface area contributed by atoms with Crippen molar-refractivity contribution in [2.75, 3.05) is 13.1 Å². The summed E-state index contributed by atoms with van der Waals surface area (Å²) in [7, 11) is 0. The van der Waals surface area contributed by atoms with Crippen molar-refractivity contribution in [3.63, 3.8) is 0 Å². The number of hydrogen-bond acceptors (Lipinski definition) is 3. The fraction of sp³-hybridized carbons (Fsp3) is 0.692. The zero-order valence-corrected chi connectivity index (χ0v) is 37.7. The van der Waals surface area contributed by atoms with E-state index >= 15 is 0 Å². The Labute approximate surface area is 342 Å². The van der Waals surface area contributed by atoms with Gasteiger partial charge in [-0.2, -0.15) is 0 Å². The van der Waals surface area contributed by atoms with Crippen LogP contribution in [0, 0.1) is 76.9 Å². The van der Waals surface area contributed by atoms with Gasteiger partial charge in [0.05, 0.1) is 12.6 Å². The second-order valence-electron chi connectivity index (χ2n) is 17.4. The van der Waals surface area contributed by atoms with Crippen LogP contribution in [-0.2, 0) is 0 Å². The Morgan fingerprint density at radius 2 is 1.80 bits per heavy atom. The number of amidine groups is 1. The number of rotatable bonds is 20. The average molecular weight is 752 g/mol. The van der Waals surface area contributed by atoms with Gasteiger partial charge in [0.15, 0.2) is 0 Å². The number of allylic oxidation sites excluding steroid dienone is 6. The van der Waals surface area contributed by atoms with E-state index in [0.717, 1.165) is 90.1 Å². The summed E-state index contributed by atoms with van der Waals surface area (Å²) in [4.78, 5) is 10.4. The molecule has 0 aromatic rings. The number of terminal acetylenes is 1. The van der Waals surface area contributed by atoms with Crippen LogP contribution in [0.4, 0.5) is 0 Å². The van der Waals surface area contributed by atoms with E-state index in [0.29, 0.717) is 47.3 Å². The fourth-order valence-electron chi connectivity index (χ4n) is 8.18. The molecule has 0 saturated carbocycles. The van der Waals surface area contributed by atoms with Crippen molar-refractivity contribution < 1.29 is 0 Å². The van der Waals surface area contributed by atoms with E-state index in [-0.39, 0.29) is 11.5 Å². The van der Waals surface area contributed by atoms with Crippen LogP contribution >= 0.6 is 0 Å². The molecule has 1 aliphatic rings. The van der Waals surface area contributed by atoms with Crippen LogP contribution in [0.2, 0.25) is 0 Å². The minimum atomic E-state index is 0.147. The van der Waals surface area contributed by atoms with Crippen LogP contribution in [0.25, 0.3) is 0 Å². The molecule has 0 aromatic heterocycles. The molecule has 9 atom stereocenters. The molecule has 308 valence electrons. The van der Waals surface area contributed by atoms with E-state index in [1.165, 1.54) is 18.0 Å². The van der Waals surface area contributed by atoms with Crippen molar-refractivity contribution in [1.29, 1.82) is 0 Å². The predicted octanol–water partition coefficient (Wildman–Crippen LogP) is 14.1. The lowest BCUT2D eigenvalue weighted by atomic mass is 9.68. The maximum Gasteiger partial charge on any atom is 0.100 e. The third-order valence-electron chi connectivity index (χ3n) is 12.6. The first-order valence-corrected chi connectivity index (χ1v) is 22.3. The third kappa shape index (κ3) is 20.1. The quantitative estimate of drug-likeness (QED) is 0.0751. The van der Waals surface area contributed by atoms with Crippen molar-refractivity contribution in [3.05, 3.63) is 61.3 Å². The molecular formula is C52H85N3. The third-order valence-corrected chi connectivity index (χ3v) is 12.6. The van der Waals surface area contributed by atoms with Gasteiger partial charge in [-0.05, 0) is 105 Å². The molecule has 0 aromatic carbocycles. The van der Waals surface area contributed by atoms with Crippen LogP contribution < -0.4 is 5.32 Å². The van der Waals surface area contributed by atoms with Gasteiger partial charge < -0.3 is 5.32 Å². The molecule has 1 aliphatic heterocycles. The van der Waals surface area contributed by atoms with Gasteiger partial charge in [0.2, 0.25) is 0 Å². The van der Waals surface area contributed by atoms with Crippen LogP contribution in [0.1, 0.15) is 160 Å². The van der Waals surface area contributed by atoms with Gasteiger partial charge in [0.25, 0.3) is 0 Å². The maximum absolute atomic E-state index is 5.70. The van der Waals surface area contributed by atoms with Crippen molar-refractivity contribution in [2.24, 2.45) is 62.7 Å². The zero-order chi connectivity index (χ0) is 41.1. The Hall–Kier alpha value is -3.04. The molecule has 55 heavy (non-hydrogen) atoms. The monoisotopic (exact) mass is 752 g/mol. The molecular weight excluding hydrogens is 667 g/mol. The topological polar surface area (TPSA) is 36.8 Å². The molecule has 1 N–H and O–H groups in total. The maximum atomic E-state index is 5.70. The zero-order valence-electron chi connectivity index (χ0n) is 37.7. The predicted molar refractivity (Wildman–Crippen MR) is 248 cm³/mol. The Kier molecular flexibility index (Phi) is 26.6. The van der Waals surface area contributed by atoms with Crippen molar-refractivity contribution >= 4 is 11.5 Å². The second kappa shape index (κ2) is 29.2. The lowest BCUT2D eigenvalue weighted by Gasteiger charge is -2.36. The lowest BCUT2D eigenvalue weighted by Crippen LogP contribution is -2.38. The smallest absolute Gasteiger partial charge is 0.100 e. The Morgan fingerprint density at radius 1 is 1.04 bits per heavy atom. The first-order valence-electron chi connectivity index (χ1n) is 22.3. The summed E-state index contributed by atoms with van der Waals surface area (Å²) < 4.78 is 0. The molecule has 0 amide bonds. The second-order valence-corrected chi connectivity index (χ2v) is 17.4. The van der Waals surface area contributed by atoms with Gasteiger partial charge in [-0.25, -0.2) is 0 Å². The number of hydrogen-bond donors (Lipinski definition) is 1. The first kappa shape index (κ1) is 50.0. The van der Waals surface area contributed by atoms with E-state index < -0.39 is 0 Å². The molecule has 0 saturated heterocycles. The molecule has 1 rings (SSSR count). The van der Waals surface area contributed by atoms with Crippen LogP contribution in [0.15, 0.2) is 71.2 Å². The van der Waals surface area contributed by atoms with E-state index in [4.69, 9.17) is 16.4 Å². The summed E-state index contributed by atoms with van der Waals surface area (Å²) in [6.07, 6.45) is 40.1. The highest BCUT2D eigenvalue weighted by molar-refractivity contribution is 5.85. The van der Waals surface area contributed by atoms with Crippen molar-refractivity contribution in [1.82, 2.24) is 5.32 Å². The summed E-state index contributed by atoms with van der Waals surface area (Å²) in [5.74, 6) is 15.0. The standard InChI is InChI=1S/C52H85N3/c1-14-19-20-23-31-43(9)47(16-3)40-44(10)53-38-29-22-26-36-52(13)37-27-25-33-49(17-4)55-51(46(12)50(18-5)45(11)41(6)7)54-39-28-21-24-32-48(52)35-34-42(8)30-15-2/h2,14,21-22,24-25,29,33-35,41-43,45-50H,1,16-19,26-28,30-32,36-40H2,3-13H3,(H,54,55)/b24-21-,29-22-,33-25-,35-34-,53-44+. The van der Waals surface area contributed by atoms with Crippen molar-refractivity contribution in [2.45, 2.75) is 166 Å². The lowest BCUT2D eigenvalue weighted by molar-refractivity contribution is 0.193. The van der Waals surface area contributed by atoms with Crippen LogP contribution in [0.5, 0.6) is 0 Å². The van der Waals surface area contributed by atoms with Gasteiger partial charge in [-0.1, -0.05) is 143 Å². The minimum absolute atomic E-state index is 0.147. The molecule has 0 aliphatic carbocycles. The van der Waals surface area contributed by atoms with Gasteiger partial charge in [0, 0.05) is 37.4 Å². The molecule has 0 radical (unpaired) electrons. The minimum Gasteiger partial charge on any atom is -0.373 e. The summed E-state index contributed by atoms with van der Waals surface area (Å²) in [5.41, 5.74) is 1.40. The van der Waals surface area contributed by atoms with E-state index in [2.05, 4.69) is 154 Å². The van der Waals surface area contributed by atoms with E-state index in [9.17, 15) is 0 Å². The fourth-order valence-corrected chi connectivity index (χ4v) is 8.18. The van der Waals surface area contributed by atoms with E-state index in [1.807, 2.05) is 6.08 Å². The Balaban J connectivity index is 3.22. The Morgan fingerprint density at radius 3 is 2.45 bits per heavy atom. The number of nitrogens with one attached hydrogen (secondary N) is 1. The van der Waals surface area contributed by atoms with E-state index in [1.54, 1.807) is 0 Å². The van der Waals surface area contributed by atoms with Crippen LogP contribution in [-0.4, -0.2) is 30.7 Å². The molecule has 0 fully saturated rings. The molecule has 1 heterocycles. The average Bonchev–Trinajstić information content (AvgIpc) is 3.16. The summed E-state index contributed by atoms with van der Waals surface area (Å²) >= 11 is 0. The van der Waals surface area contributed by atoms with Crippen molar-refractivity contribution in [3.8, 4) is 24.2 Å².